The number of aromatic nitrogens is 2. The highest BCUT2D eigenvalue weighted by Crippen LogP contribution is 2.34. The lowest BCUT2D eigenvalue weighted by atomic mass is 10.1. The zero-order valence-corrected chi connectivity index (χ0v) is 20.0. The number of rotatable bonds is 4. The van der Waals surface area contributed by atoms with Crippen molar-refractivity contribution in [2.75, 3.05) is 13.1 Å². The number of thiophene rings is 1. The number of hydrogen-bond acceptors (Lipinski definition) is 4. The number of alkyl halides is 3. The molecule has 0 saturated carbocycles. The van der Waals surface area contributed by atoms with Gasteiger partial charge in [0.25, 0.3) is 0 Å². The highest BCUT2D eigenvalue weighted by atomic mass is 32.1. The van der Waals surface area contributed by atoms with Crippen molar-refractivity contribution in [1.82, 2.24) is 14.9 Å². The largest absolute Gasteiger partial charge is 0.490 e. The third-order valence-electron chi connectivity index (χ3n) is 5.89. The van der Waals surface area contributed by atoms with Crippen LogP contribution in [0, 0.1) is 6.92 Å². The number of aromatic amines is 1. The first kappa shape index (κ1) is 24.9. The zero-order chi connectivity index (χ0) is 25.0. The lowest BCUT2D eigenvalue weighted by Gasteiger charge is -2.26. The fraction of sp³-hybridized carbons (Fsp3) is 0.308. The molecule has 9 heteroatoms. The summed E-state index contributed by atoms with van der Waals surface area (Å²) in [7, 11) is 0. The van der Waals surface area contributed by atoms with Crippen LogP contribution in [0.4, 0.5) is 13.2 Å². The Bertz CT molecular complexity index is 1290. The third-order valence-corrected chi connectivity index (χ3v) is 7.03. The molecule has 1 aliphatic heterocycles. The van der Waals surface area contributed by atoms with Crippen molar-refractivity contribution >= 4 is 28.3 Å². The number of piperidine rings is 1. The summed E-state index contributed by atoms with van der Waals surface area (Å²) in [5.74, 6) is -1.80. The number of likely N-dealkylation sites (tertiary alicyclic amines) is 1. The number of para-hydroxylation sites is 1. The molecule has 5 rings (SSSR count). The number of benzene rings is 2. The maximum atomic E-state index is 10.6. The number of imidazole rings is 1. The lowest BCUT2D eigenvalue weighted by molar-refractivity contribution is -0.192. The molecule has 2 aromatic carbocycles. The van der Waals surface area contributed by atoms with Crippen LogP contribution in [0.3, 0.4) is 0 Å². The Labute approximate surface area is 205 Å². The van der Waals surface area contributed by atoms with Crippen LogP contribution in [-0.2, 0) is 11.3 Å². The van der Waals surface area contributed by atoms with E-state index in [4.69, 9.17) is 14.9 Å². The number of aliphatic carboxylic acids is 1. The van der Waals surface area contributed by atoms with Crippen molar-refractivity contribution in [3.05, 3.63) is 65.7 Å². The number of carboxylic acid groups (broad SMARTS) is 1. The van der Waals surface area contributed by atoms with E-state index >= 15 is 0 Å². The van der Waals surface area contributed by atoms with Crippen LogP contribution >= 0.6 is 11.3 Å². The Balaban J connectivity index is 0.000000364. The van der Waals surface area contributed by atoms with E-state index < -0.39 is 12.1 Å². The van der Waals surface area contributed by atoms with Crippen LogP contribution in [0.25, 0.3) is 32.2 Å². The number of hydrogen-bond donors (Lipinski definition) is 2. The highest BCUT2D eigenvalue weighted by Gasteiger charge is 2.38. The molecule has 3 heterocycles. The molecular formula is C26H26F3N3O2S. The molecule has 0 unspecified atom stereocenters. The van der Waals surface area contributed by atoms with Crippen molar-refractivity contribution in [3.8, 4) is 21.1 Å². The van der Waals surface area contributed by atoms with E-state index in [0.29, 0.717) is 0 Å². The molecule has 0 amide bonds. The van der Waals surface area contributed by atoms with Gasteiger partial charge in [0.05, 0.1) is 15.9 Å². The number of aryl methyl sites for hydroxylation is 1. The van der Waals surface area contributed by atoms with Gasteiger partial charge in [-0.15, -0.1) is 11.3 Å². The Morgan fingerprint density at radius 1 is 1.03 bits per heavy atom. The molecule has 4 aromatic rings. The molecule has 0 atom stereocenters. The van der Waals surface area contributed by atoms with Crippen LogP contribution in [0.15, 0.2) is 54.6 Å². The van der Waals surface area contributed by atoms with Crippen molar-refractivity contribution in [1.29, 1.82) is 0 Å². The van der Waals surface area contributed by atoms with Crippen LogP contribution in [0.1, 0.15) is 30.4 Å². The summed E-state index contributed by atoms with van der Waals surface area (Å²) < 4.78 is 31.7. The standard InChI is InChI=1S/C24H25N3S.C2HF3O2/c1-17-6-5-7-20-23(17)26-24(25-20)22-13-12-21(28-22)19-10-8-18(9-11-19)16-27-14-3-2-4-15-27;3-2(4,5)1(6)7/h5-13H,2-4,14-16H2,1H3,(H,25,26);(H,6,7). The van der Waals surface area contributed by atoms with Crippen molar-refractivity contribution in [3.63, 3.8) is 0 Å². The second-order valence-corrected chi connectivity index (χ2v) is 9.64. The summed E-state index contributed by atoms with van der Waals surface area (Å²) in [5, 5.41) is 7.12. The number of carboxylic acids is 1. The molecule has 5 nitrogen and oxygen atoms in total. The van der Waals surface area contributed by atoms with E-state index in [2.05, 4.69) is 71.4 Å². The Hall–Kier alpha value is -3.17. The Morgan fingerprint density at radius 3 is 2.31 bits per heavy atom. The summed E-state index contributed by atoms with van der Waals surface area (Å²) in [6, 6.07) is 19.8. The summed E-state index contributed by atoms with van der Waals surface area (Å²) in [6.45, 7) is 5.67. The number of H-pyrrole nitrogens is 1. The van der Waals surface area contributed by atoms with Crippen molar-refractivity contribution in [2.24, 2.45) is 0 Å². The van der Waals surface area contributed by atoms with E-state index in [1.54, 1.807) is 11.3 Å². The molecule has 0 spiro atoms. The molecule has 0 aliphatic carbocycles. The molecule has 1 aliphatic rings. The van der Waals surface area contributed by atoms with E-state index in [9.17, 15) is 13.2 Å². The maximum Gasteiger partial charge on any atom is 0.490 e. The Kier molecular flexibility index (Phi) is 7.57. The first-order chi connectivity index (χ1) is 16.7. The predicted molar refractivity (Wildman–Crippen MR) is 132 cm³/mol. The van der Waals surface area contributed by atoms with Gasteiger partial charge in [0, 0.05) is 11.4 Å². The van der Waals surface area contributed by atoms with Crippen molar-refractivity contribution in [2.45, 2.75) is 38.9 Å². The molecular weight excluding hydrogens is 475 g/mol. The normalized spacial score (nSPS) is 14.5. The van der Waals surface area contributed by atoms with Crippen LogP contribution in [0.5, 0.6) is 0 Å². The fourth-order valence-corrected chi connectivity index (χ4v) is 5.02. The van der Waals surface area contributed by atoms with Gasteiger partial charge in [0.2, 0.25) is 0 Å². The second-order valence-electron chi connectivity index (χ2n) is 8.56. The number of nitrogens with one attached hydrogen (secondary N) is 1. The van der Waals surface area contributed by atoms with Gasteiger partial charge in [-0.3, -0.25) is 4.90 Å². The minimum atomic E-state index is -5.08. The molecule has 1 fully saturated rings. The summed E-state index contributed by atoms with van der Waals surface area (Å²) in [4.78, 5) is 22.2. The predicted octanol–water partition coefficient (Wildman–Crippen LogP) is 6.89. The van der Waals surface area contributed by atoms with E-state index in [1.165, 1.54) is 58.8 Å². The number of fused-ring (bicyclic) bond motifs is 1. The molecule has 35 heavy (non-hydrogen) atoms. The minimum absolute atomic E-state index is 0.960. The quantitative estimate of drug-likeness (QED) is 0.320. The highest BCUT2D eigenvalue weighted by molar-refractivity contribution is 7.18. The monoisotopic (exact) mass is 501 g/mol. The topological polar surface area (TPSA) is 69.2 Å². The SMILES string of the molecule is Cc1cccc2[nH]c(-c3ccc(-c4ccc(CN5CCCCC5)cc4)s3)nc12.O=C(O)C(F)(F)F. The van der Waals surface area contributed by atoms with Gasteiger partial charge in [-0.25, -0.2) is 9.78 Å². The van der Waals surface area contributed by atoms with E-state index in [0.717, 1.165) is 23.4 Å². The average Bonchev–Trinajstić information content (AvgIpc) is 3.48. The average molecular weight is 502 g/mol. The van der Waals surface area contributed by atoms with Gasteiger partial charge in [0.1, 0.15) is 5.82 Å². The van der Waals surface area contributed by atoms with E-state index in [-0.39, 0.29) is 0 Å². The van der Waals surface area contributed by atoms with Gasteiger partial charge in [-0.1, -0.05) is 42.8 Å². The fourth-order valence-electron chi connectivity index (χ4n) is 4.06. The van der Waals surface area contributed by atoms with Crippen LogP contribution < -0.4 is 0 Å². The molecule has 1 saturated heterocycles. The molecule has 2 aromatic heterocycles. The smallest absolute Gasteiger partial charge is 0.475 e. The van der Waals surface area contributed by atoms with Gasteiger partial charge in [-0.2, -0.15) is 13.2 Å². The second kappa shape index (κ2) is 10.6. The summed E-state index contributed by atoms with van der Waals surface area (Å²) in [6.07, 6.45) is -1.00. The van der Waals surface area contributed by atoms with E-state index in [1.807, 2.05) is 0 Å². The van der Waals surface area contributed by atoms with Crippen LogP contribution in [-0.4, -0.2) is 45.2 Å². The summed E-state index contributed by atoms with van der Waals surface area (Å²) in [5.41, 5.74) is 6.07. The molecule has 184 valence electrons. The first-order valence-electron chi connectivity index (χ1n) is 11.4. The van der Waals surface area contributed by atoms with Gasteiger partial charge >= 0.3 is 12.1 Å². The van der Waals surface area contributed by atoms with Gasteiger partial charge in [-0.05, 0) is 67.7 Å². The molecule has 2 N–H and O–H groups in total. The maximum absolute atomic E-state index is 10.6. The molecule has 0 bridgehead atoms. The van der Waals surface area contributed by atoms with Gasteiger partial charge < -0.3 is 10.1 Å². The Morgan fingerprint density at radius 2 is 1.69 bits per heavy atom. The van der Waals surface area contributed by atoms with Crippen molar-refractivity contribution < 1.29 is 23.1 Å². The summed E-state index contributed by atoms with van der Waals surface area (Å²) >= 11 is 1.80. The zero-order valence-electron chi connectivity index (χ0n) is 19.2. The van der Waals surface area contributed by atoms with Crippen LogP contribution in [0.2, 0.25) is 0 Å². The first-order valence-corrected chi connectivity index (χ1v) is 12.2. The van der Waals surface area contributed by atoms with Gasteiger partial charge in [0.15, 0.2) is 0 Å². The lowest BCUT2D eigenvalue weighted by Crippen LogP contribution is -2.28. The minimum Gasteiger partial charge on any atom is -0.475 e. The number of nitrogens with zero attached hydrogens (tertiary/aromatic N) is 2. The molecule has 0 radical (unpaired) electrons. The third kappa shape index (κ3) is 6.29. The number of carbonyl (C=O) groups is 1. The number of halogens is 3.